The van der Waals surface area contributed by atoms with Crippen LogP contribution in [-0.2, 0) is 0 Å². The van der Waals surface area contributed by atoms with E-state index in [0.29, 0.717) is 0 Å². The lowest BCUT2D eigenvalue weighted by atomic mass is 9.86. The molecule has 0 heteroatoms. The molecule has 0 heterocycles. The molecule has 0 unspecified atom stereocenters. The molecule has 0 bridgehead atoms. The topological polar surface area (TPSA) is 0 Å². The lowest BCUT2D eigenvalue weighted by Crippen LogP contribution is -1.91. The Morgan fingerprint density at radius 1 is 0.414 bits per heavy atom. The Hall–Kier alpha value is -3.64. The number of rotatable bonds is 3. The van der Waals surface area contributed by atoms with E-state index in [1.807, 2.05) is 0 Å². The average molecular weight is 370 g/mol. The van der Waals surface area contributed by atoms with Gasteiger partial charge in [0, 0.05) is 0 Å². The summed E-state index contributed by atoms with van der Waals surface area (Å²) in [5.41, 5.74) is 8.87. The number of hydrogen-bond donors (Lipinski definition) is 0. The molecule has 0 aliphatic carbocycles. The molecule has 0 nitrogen and oxygen atoms in total. The normalized spacial score (nSPS) is 10.9. The van der Waals surface area contributed by atoms with E-state index in [4.69, 9.17) is 0 Å². The molecule has 5 aromatic carbocycles. The molecule has 138 valence electrons. The lowest BCUT2D eigenvalue weighted by molar-refractivity contribution is 1.47. The zero-order valence-corrected chi connectivity index (χ0v) is 16.5. The predicted molar refractivity (Wildman–Crippen MR) is 125 cm³/mol. The SMILES string of the molecule is Cc1ccc(-c2ccccc2-c2ccc3ccccc3c2-c2ccccc2)cc1. The largest absolute Gasteiger partial charge is 0.0622 e. The Morgan fingerprint density at radius 3 is 1.86 bits per heavy atom. The van der Waals surface area contributed by atoms with Crippen LogP contribution in [0.2, 0.25) is 0 Å². The minimum absolute atomic E-state index is 1.25. The summed E-state index contributed by atoms with van der Waals surface area (Å²) < 4.78 is 0. The summed E-state index contributed by atoms with van der Waals surface area (Å²) >= 11 is 0. The maximum atomic E-state index is 2.28. The molecule has 0 saturated carbocycles. The van der Waals surface area contributed by atoms with Crippen molar-refractivity contribution in [3.63, 3.8) is 0 Å². The molecule has 0 aliphatic rings. The van der Waals surface area contributed by atoms with Crippen LogP contribution in [0.3, 0.4) is 0 Å². The summed E-state index contributed by atoms with van der Waals surface area (Å²) in [7, 11) is 0. The van der Waals surface area contributed by atoms with Crippen molar-refractivity contribution in [2.75, 3.05) is 0 Å². The van der Waals surface area contributed by atoms with Gasteiger partial charge in [-0.15, -0.1) is 0 Å². The molecule has 5 rings (SSSR count). The second kappa shape index (κ2) is 7.41. The number of benzene rings is 5. The van der Waals surface area contributed by atoms with Gasteiger partial charge in [0.05, 0.1) is 0 Å². The van der Waals surface area contributed by atoms with Crippen LogP contribution in [0, 0.1) is 6.92 Å². The predicted octanol–water partition coefficient (Wildman–Crippen LogP) is 8.15. The third-order valence-corrected chi connectivity index (χ3v) is 5.57. The summed E-state index contributed by atoms with van der Waals surface area (Å²) in [4.78, 5) is 0. The lowest BCUT2D eigenvalue weighted by Gasteiger charge is -2.17. The van der Waals surface area contributed by atoms with Gasteiger partial charge in [0.15, 0.2) is 0 Å². The van der Waals surface area contributed by atoms with Crippen LogP contribution in [0.1, 0.15) is 5.56 Å². The first-order valence-corrected chi connectivity index (χ1v) is 10.0. The Balaban J connectivity index is 1.82. The highest BCUT2D eigenvalue weighted by atomic mass is 14.2. The average Bonchev–Trinajstić information content (AvgIpc) is 2.79. The summed E-state index contributed by atoms with van der Waals surface area (Å²) in [6.45, 7) is 2.13. The van der Waals surface area contributed by atoms with Gasteiger partial charge in [-0.05, 0) is 51.1 Å². The standard InChI is InChI=1S/C29H22/c1-21-15-17-23(18-16-21)25-12-7-8-14-27(25)28-20-19-22-9-5-6-13-26(22)29(28)24-10-3-2-4-11-24/h2-20H,1H3. The molecule has 0 saturated heterocycles. The fraction of sp³-hybridized carbons (Fsp3) is 0.0345. The van der Waals surface area contributed by atoms with Crippen molar-refractivity contribution in [3.05, 3.63) is 121 Å². The van der Waals surface area contributed by atoms with Crippen molar-refractivity contribution >= 4 is 10.8 Å². The van der Waals surface area contributed by atoms with Crippen LogP contribution in [0.5, 0.6) is 0 Å². The van der Waals surface area contributed by atoms with Crippen LogP contribution >= 0.6 is 0 Å². The van der Waals surface area contributed by atoms with E-state index in [0.717, 1.165) is 0 Å². The molecular formula is C29H22. The fourth-order valence-electron chi connectivity index (χ4n) is 4.11. The Kier molecular flexibility index (Phi) is 4.46. The molecule has 0 radical (unpaired) electrons. The van der Waals surface area contributed by atoms with Gasteiger partial charge in [-0.2, -0.15) is 0 Å². The summed E-state index contributed by atoms with van der Waals surface area (Å²) in [5.74, 6) is 0. The Morgan fingerprint density at radius 2 is 1.07 bits per heavy atom. The third-order valence-electron chi connectivity index (χ3n) is 5.57. The monoisotopic (exact) mass is 370 g/mol. The van der Waals surface area contributed by atoms with E-state index in [9.17, 15) is 0 Å². The maximum absolute atomic E-state index is 2.28. The molecular weight excluding hydrogens is 348 g/mol. The van der Waals surface area contributed by atoms with Gasteiger partial charge in [0.25, 0.3) is 0 Å². The minimum Gasteiger partial charge on any atom is -0.0622 e. The smallest absolute Gasteiger partial charge is 0.00266 e. The minimum atomic E-state index is 1.25. The van der Waals surface area contributed by atoms with E-state index >= 15 is 0 Å². The highest BCUT2D eigenvalue weighted by Crippen LogP contribution is 2.41. The second-order valence-corrected chi connectivity index (χ2v) is 7.49. The van der Waals surface area contributed by atoms with Crippen LogP contribution in [0.15, 0.2) is 115 Å². The zero-order valence-electron chi connectivity index (χ0n) is 16.5. The van der Waals surface area contributed by atoms with Gasteiger partial charge in [0.2, 0.25) is 0 Å². The van der Waals surface area contributed by atoms with Crippen LogP contribution in [-0.4, -0.2) is 0 Å². The van der Waals surface area contributed by atoms with E-state index in [2.05, 4.69) is 122 Å². The molecule has 0 amide bonds. The van der Waals surface area contributed by atoms with Gasteiger partial charge in [-0.25, -0.2) is 0 Å². The van der Waals surface area contributed by atoms with E-state index in [-0.39, 0.29) is 0 Å². The molecule has 0 atom stereocenters. The number of fused-ring (bicyclic) bond motifs is 1. The van der Waals surface area contributed by atoms with Crippen molar-refractivity contribution in [3.8, 4) is 33.4 Å². The zero-order chi connectivity index (χ0) is 19.6. The first kappa shape index (κ1) is 17.5. The Bertz CT molecular complexity index is 1280. The summed E-state index contributed by atoms with van der Waals surface area (Å²) in [5, 5.41) is 2.55. The molecule has 5 aromatic rings. The third kappa shape index (κ3) is 3.23. The molecule has 0 aliphatic heterocycles. The van der Waals surface area contributed by atoms with E-state index in [1.54, 1.807) is 0 Å². The van der Waals surface area contributed by atoms with Gasteiger partial charge in [-0.3, -0.25) is 0 Å². The fourth-order valence-corrected chi connectivity index (χ4v) is 4.11. The van der Waals surface area contributed by atoms with Crippen molar-refractivity contribution in [1.29, 1.82) is 0 Å². The van der Waals surface area contributed by atoms with Crippen LogP contribution < -0.4 is 0 Å². The van der Waals surface area contributed by atoms with Crippen LogP contribution in [0.25, 0.3) is 44.2 Å². The molecule has 29 heavy (non-hydrogen) atoms. The van der Waals surface area contributed by atoms with Crippen molar-refractivity contribution < 1.29 is 0 Å². The molecule has 0 fully saturated rings. The molecule has 0 spiro atoms. The van der Waals surface area contributed by atoms with Gasteiger partial charge in [0.1, 0.15) is 0 Å². The van der Waals surface area contributed by atoms with Gasteiger partial charge < -0.3 is 0 Å². The summed E-state index contributed by atoms with van der Waals surface area (Å²) in [6, 6.07) is 41.4. The van der Waals surface area contributed by atoms with Crippen molar-refractivity contribution in [1.82, 2.24) is 0 Å². The number of hydrogen-bond acceptors (Lipinski definition) is 0. The number of aryl methyl sites for hydroxylation is 1. The first-order chi connectivity index (χ1) is 14.3. The highest BCUT2D eigenvalue weighted by molar-refractivity contribution is 6.05. The second-order valence-electron chi connectivity index (χ2n) is 7.49. The highest BCUT2D eigenvalue weighted by Gasteiger charge is 2.15. The van der Waals surface area contributed by atoms with Crippen molar-refractivity contribution in [2.24, 2.45) is 0 Å². The van der Waals surface area contributed by atoms with Gasteiger partial charge in [-0.1, -0.05) is 121 Å². The van der Waals surface area contributed by atoms with E-state index in [1.165, 1.54) is 49.7 Å². The first-order valence-electron chi connectivity index (χ1n) is 10.0. The molecule has 0 N–H and O–H groups in total. The molecule has 0 aromatic heterocycles. The Labute approximate surface area is 172 Å². The maximum Gasteiger partial charge on any atom is -0.00266 e. The van der Waals surface area contributed by atoms with Gasteiger partial charge >= 0.3 is 0 Å². The van der Waals surface area contributed by atoms with Crippen LogP contribution in [0.4, 0.5) is 0 Å². The summed E-state index contributed by atoms with van der Waals surface area (Å²) in [6.07, 6.45) is 0. The van der Waals surface area contributed by atoms with E-state index < -0.39 is 0 Å². The quantitative estimate of drug-likeness (QED) is 0.300. The van der Waals surface area contributed by atoms with Crippen molar-refractivity contribution in [2.45, 2.75) is 6.92 Å².